The first-order valence-corrected chi connectivity index (χ1v) is 11.0. The zero-order valence-electron chi connectivity index (χ0n) is 17.5. The van der Waals surface area contributed by atoms with Crippen molar-refractivity contribution < 1.29 is 14.5 Å². The van der Waals surface area contributed by atoms with Crippen molar-refractivity contribution in [1.82, 2.24) is 0 Å². The minimum atomic E-state index is -1.10. The molecular weight excluding hydrogens is 359 g/mol. The Balaban J connectivity index is 1.51. The molecule has 0 saturated heterocycles. The van der Waals surface area contributed by atoms with Gasteiger partial charge in [0.1, 0.15) is 6.61 Å². The third-order valence-electron chi connectivity index (χ3n) is 6.53. The average molecular weight is 390 g/mol. The van der Waals surface area contributed by atoms with E-state index in [4.69, 9.17) is 14.5 Å². The van der Waals surface area contributed by atoms with Gasteiger partial charge in [-0.1, -0.05) is 74.5 Å². The minimum Gasteiger partial charge on any atom is -0.519 e. The van der Waals surface area contributed by atoms with Gasteiger partial charge in [0.15, 0.2) is 18.4 Å². The number of aliphatic imine (C=N–C) groups is 1. The normalized spacial score (nSPS) is 21.3. The number of nitrogens with zero attached hydrogens (tertiary/aromatic N) is 1. The Morgan fingerprint density at radius 1 is 0.862 bits per heavy atom. The Morgan fingerprint density at radius 3 is 2.10 bits per heavy atom. The molecular formula is C24H31BN2O2. The van der Waals surface area contributed by atoms with Crippen LogP contribution in [0.5, 0.6) is 0 Å². The van der Waals surface area contributed by atoms with Crippen LogP contribution in [0, 0.1) is 0 Å². The maximum absolute atomic E-state index is 6.22. The zero-order chi connectivity index (χ0) is 20.1. The van der Waals surface area contributed by atoms with Gasteiger partial charge in [-0.25, -0.2) is 4.99 Å². The van der Waals surface area contributed by atoms with Crippen LogP contribution >= 0.6 is 0 Å². The van der Waals surface area contributed by atoms with Crippen molar-refractivity contribution in [2.45, 2.75) is 51.4 Å². The summed E-state index contributed by atoms with van der Waals surface area (Å²) in [5.74, 6) is 1.90. The van der Waals surface area contributed by atoms with Gasteiger partial charge in [0, 0.05) is 12.2 Å². The highest BCUT2D eigenvalue weighted by atomic mass is 16.5. The lowest BCUT2D eigenvalue weighted by atomic mass is 9.21. The number of hydrogen-bond donors (Lipinski definition) is 1. The van der Waals surface area contributed by atoms with E-state index >= 15 is 0 Å². The molecule has 5 heteroatoms. The predicted octanol–water partition coefficient (Wildman–Crippen LogP) is 2.71. The van der Waals surface area contributed by atoms with E-state index in [1.165, 1.54) is 11.1 Å². The molecule has 0 bridgehead atoms. The molecule has 0 unspecified atom stereocenters. The molecule has 2 aromatic rings. The second kappa shape index (κ2) is 8.85. The lowest BCUT2D eigenvalue weighted by molar-refractivity contribution is -0.488. The van der Waals surface area contributed by atoms with Crippen LogP contribution in [-0.2, 0) is 22.3 Å². The first-order valence-electron chi connectivity index (χ1n) is 11.0. The molecule has 0 fully saturated rings. The minimum absolute atomic E-state index is 0.189. The summed E-state index contributed by atoms with van der Waals surface area (Å²) in [6.07, 6.45) is 2.72. The monoisotopic (exact) mass is 390 g/mol. The first kappa shape index (κ1) is 19.7. The van der Waals surface area contributed by atoms with E-state index in [0.29, 0.717) is 19.3 Å². The zero-order valence-corrected chi connectivity index (χ0v) is 17.5. The second-order valence-corrected chi connectivity index (χ2v) is 8.39. The van der Waals surface area contributed by atoms with Crippen LogP contribution in [-0.4, -0.2) is 43.0 Å². The van der Waals surface area contributed by atoms with Gasteiger partial charge >= 0.3 is 0 Å². The molecule has 1 N–H and O–H groups in total. The molecule has 29 heavy (non-hydrogen) atoms. The number of nitrogens with one attached hydrogen (secondary N) is 1. The smallest absolute Gasteiger partial charge is 0.236 e. The summed E-state index contributed by atoms with van der Waals surface area (Å²) in [5, 5.41) is 0. The first-order chi connectivity index (χ1) is 14.2. The van der Waals surface area contributed by atoms with Gasteiger partial charge in [-0.3, -0.25) is 4.99 Å². The average Bonchev–Trinajstić information content (AvgIpc) is 3.42. The molecule has 2 aliphatic heterocycles. The number of benzene rings is 2. The summed E-state index contributed by atoms with van der Waals surface area (Å²) in [6, 6.07) is 21.6. The Kier molecular flexibility index (Phi) is 6.03. The summed E-state index contributed by atoms with van der Waals surface area (Å²) >= 11 is 0. The summed E-state index contributed by atoms with van der Waals surface area (Å²) < 4.78 is 12.4. The largest absolute Gasteiger partial charge is 0.519 e. The van der Waals surface area contributed by atoms with Crippen LogP contribution < -0.4 is 4.99 Å². The summed E-state index contributed by atoms with van der Waals surface area (Å²) in [7, 11) is 0. The fourth-order valence-corrected chi connectivity index (χ4v) is 4.65. The molecule has 2 aliphatic rings. The highest BCUT2D eigenvalue weighted by Crippen LogP contribution is 2.25. The van der Waals surface area contributed by atoms with Gasteiger partial charge in [0.05, 0.1) is 6.04 Å². The van der Waals surface area contributed by atoms with Crippen LogP contribution in [0.1, 0.15) is 25.0 Å². The molecule has 152 valence electrons. The molecule has 2 heterocycles. The molecule has 0 aliphatic carbocycles. The standard InChI is InChI=1S/C24H30BN2O2/c1-3-25(4-2,23-26-21(17-28-23)15-19-11-7-5-8-12-19)24-27-22(18-29-24)16-20-13-9-6-10-14-20/h5-14,21-22H,3-4,15-18H2,1-2H3/q-1/p+1/t21-,22-/m0/s1. The molecule has 0 amide bonds. The summed E-state index contributed by atoms with van der Waals surface area (Å²) in [4.78, 5) is 8.72. The van der Waals surface area contributed by atoms with E-state index < -0.39 is 6.15 Å². The van der Waals surface area contributed by atoms with E-state index in [1.54, 1.807) is 0 Å². The highest BCUT2D eigenvalue weighted by Gasteiger charge is 2.45. The van der Waals surface area contributed by atoms with Gasteiger partial charge < -0.3 is 9.47 Å². The summed E-state index contributed by atoms with van der Waals surface area (Å²) in [6.45, 7) is 5.81. The van der Waals surface area contributed by atoms with Gasteiger partial charge in [0.2, 0.25) is 6.15 Å². The quantitative estimate of drug-likeness (QED) is 0.705. The molecule has 0 spiro atoms. The van der Waals surface area contributed by atoms with Crippen LogP contribution in [0.3, 0.4) is 0 Å². The predicted molar refractivity (Wildman–Crippen MR) is 120 cm³/mol. The van der Waals surface area contributed by atoms with E-state index in [-0.39, 0.29) is 6.04 Å². The fourth-order valence-electron chi connectivity index (χ4n) is 4.65. The van der Waals surface area contributed by atoms with Crippen molar-refractivity contribution >= 4 is 17.7 Å². The Hall–Kier alpha value is -2.56. The van der Waals surface area contributed by atoms with E-state index in [9.17, 15) is 0 Å². The molecule has 0 radical (unpaired) electrons. The van der Waals surface area contributed by atoms with Crippen molar-refractivity contribution in [2.24, 2.45) is 4.99 Å². The summed E-state index contributed by atoms with van der Waals surface area (Å²) in [5.41, 5.74) is 2.64. The lowest BCUT2D eigenvalue weighted by Gasteiger charge is -2.32. The number of hydrogen-bond acceptors (Lipinski definition) is 3. The molecule has 0 saturated carbocycles. The molecule has 0 aromatic heterocycles. The van der Waals surface area contributed by atoms with Gasteiger partial charge in [-0.15, -0.1) is 0 Å². The third-order valence-corrected chi connectivity index (χ3v) is 6.53. The van der Waals surface area contributed by atoms with E-state index in [2.05, 4.69) is 79.5 Å². The lowest BCUT2D eigenvalue weighted by Crippen LogP contribution is -2.82. The van der Waals surface area contributed by atoms with Crippen LogP contribution in [0.2, 0.25) is 12.6 Å². The van der Waals surface area contributed by atoms with Gasteiger partial charge in [-0.2, -0.15) is 12.6 Å². The Labute approximate surface area is 174 Å². The molecule has 4 nitrogen and oxygen atoms in total. The maximum atomic E-state index is 6.22. The van der Waals surface area contributed by atoms with Crippen molar-refractivity contribution in [3.63, 3.8) is 0 Å². The Morgan fingerprint density at radius 2 is 1.48 bits per heavy atom. The number of ether oxygens (including phenoxy) is 2. The van der Waals surface area contributed by atoms with Crippen LogP contribution in [0.25, 0.3) is 0 Å². The SMILES string of the molecule is CC[B-](CC)(C1=N[C@@H](Cc2ccccc2)CO1)C1=[NH+][C@@H](Cc2ccccc2)CO1. The maximum Gasteiger partial charge on any atom is 0.236 e. The van der Waals surface area contributed by atoms with E-state index in [1.807, 2.05) is 0 Å². The highest BCUT2D eigenvalue weighted by molar-refractivity contribution is 7.24. The van der Waals surface area contributed by atoms with Crippen molar-refractivity contribution in [3.8, 4) is 0 Å². The van der Waals surface area contributed by atoms with Crippen molar-refractivity contribution in [3.05, 3.63) is 71.8 Å². The Bertz CT molecular complexity index is 793. The second-order valence-electron chi connectivity index (χ2n) is 8.39. The fraction of sp³-hybridized carbons (Fsp3) is 0.417. The van der Waals surface area contributed by atoms with E-state index in [0.717, 1.165) is 37.1 Å². The molecule has 4 rings (SSSR count). The van der Waals surface area contributed by atoms with Crippen LogP contribution in [0.4, 0.5) is 0 Å². The topological polar surface area (TPSA) is 44.8 Å². The number of rotatable bonds is 8. The van der Waals surface area contributed by atoms with Crippen molar-refractivity contribution in [1.29, 1.82) is 0 Å². The van der Waals surface area contributed by atoms with Crippen LogP contribution in [0.15, 0.2) is 65.7 Å². The van der Waals surface area contributed by atoms with Gasteiger partial charge in [-0.05, 0) is 17.5 Å². The molecule has 2 aromatic carbocycles. The van der Waals surface area contributed by atoms with Gasteiger partial charge in [0.25, 0.3) is 0 Å². The van der Waals surface area contributed by atoms with Crippen molar-refractivity contribution in [2.75, 3.05) is 13.2 Å². The third kappa shape index (κ3) is 4.24. The molecule has 2 atom stereocenters.